The van der Waals surface area contributed by atoms with Gasteiger partial charge in [-0.25, -0.2) is 4.79 Å². The zero-order valence-corrected chi connectivity index (χ0v) is 10.5. The maximum absolute atomic E-state index is 10.8. The first-order chi connectivity index (χ1) is 8.58. The highest BCUT2D eigenvalue weighted by Gasteiger charge is 2.10. The Morgan fingerprint density at radius 3 is 2.78 bits per heavy atom. The van der Waals surface area contributed by atoms with Gasteiger partial charge in [0.1, 0.15) is 0 Å². The maximum Gasteiger partial charge on any atom is 0.335 e. The molecule has 2 aromatic rings. The van der Waals surface area contributed by atoms with E-state index in [-0.39, 0.29) is 5.56 Å². The molecule has 4 nitrogen and oxygen atoms in total. The first-order valence-corrected chi connectivity index (χ1v) is 5.71. The van der Waals surface area contributed by atoms with E-state index in [1.807, 2.05) is 18.0 Å². The van der Waals surface area contributed by atoms with Gasteiger partial charge in [0.25, 0.3) is 0 Å². The van der Waals surface area contributed by atoms with Crippen molar-refractivity contribution in [2.75, 3.05) is 11.9 Å². The number of hydrogen-bond donors (Lipinski definition) is 1. The van der Waals surface area contributed by atoms with E-state index in [2.05, 4.69) is 0 Å². The van der Waals surface area contributed by atoms with Crippen LogP contribution in [0.5, 0.6) is 0 Å². The van der Waals surface area contributed by atoms with E-state index in [1.165, 1.54) is 12.1 Å². The Morgan fingerprint density at radius 2 is 2.22 bits per heavy atom. The summed E-state index contributed by atoms with van der Waals surface area (Å²) in [4.78, 5) is 12.7. The van der Waals surface area contributed by atoms with Crippen LogP contribution in [0.3, 0.4) is 0 Å². The van der Waals surface area contributed by atoms with E-state index >= 15 is 0 Å². The lowest BCUT2D eigenvalue weighted by molar-refractivity contribution is 0.0697. The minimum atomic E-state index is -0.985. The van der Waals surface area contributed by atoms with Gasteiger partial charge in [0.05, 0.1) is 28.8 Å². The zero-order chi connectivity index (χ0) is 13.1. The van der Waals surface area contributed by atoms with Crippen LogP contribution < -0.4 is 4.90 Å². The van der Waals surface area contributed by atoms with Crippen LogP contribution in [0.25, 0.3) is 0 Å². The number of carboxylic acid groups (broad SMARTS) is 1. The second-order valence-electron chi connectivity index (χ2n) is 3.96. The fourth-order valence-electron chi connectivity index (χ4n) is 1.69. The summed E-state index contributed by atoms with van der Waals surface area (Å²) in [6, 6.07) is 6.56. The lowest BCUT2D eigenvalue weighted by Gasteiger charge is -2.20. The van der Waals surface area contributed by atoms with Crippen molar-refractivity contribution >= 4 is 23.3 Å². The van der Waals surface area contributed by atoms with E-state index in [9.17, 15) is 4.79 Å². The van der Waals surface area contributed by atoms with Gasteiger partial charge in [-0.15, -0.1) is 0 Å². The lowest BCUT2D eigenvalue weighted by Crippen LogP contribution is -2.16. The summed E-state index contributed by atoms with van der Waals surface area (Å²) in [6.07, 6.45) is 3.27. The number of hydrogen-bond acceptors (Lipinski definition) is 3. The van der Waals surface area contributed by atoms with Crippen molar-refractivity contribution in [1.82, 2.24) is 0 Å². The van der Waals surface area contributed by atoms with Crippen LogP contribution in [0, 0.1) is 0 Å². The summed E-state index contributed by atoms with van der Waals surface area (Å²) >= 11 is 6.08. The van der Waals surface area contributed by atoms with Gasteiger partial charge < -0.3 is 14.4 Å². The Labute approximate surface area is 109 Å². The lowest BCUT2D eigenvalue weighted by atomic mass is 10.2. The summed E-state index contributed by atoms with van der Waals surface area (Å²) in [5.74, 6) is -0.985. The number of nitrogens with zero attached hydrogens (tertiary/aromatic N) is 1. The molecule has 0 aliphatic rings. The quantitative estimate of drug-likeness (QED) is 0.922. The molecule has 0 saturated carbocycles. The third-order valence-electron chi connectivity index (χ3n) is 2.61. The molecule has 0 amide bonds. The molecule has 0 unspecified atom stereocenters. The van der Waals surface area contributed by atoms with Crippen LogP contribution in [-0.4, -0.2) is 18.1 Å². The molecule has 0 bridgehead atoms. The summed E-state index contributed by atoms with van der Waals surface area (Å²) in [7, 11) is 1.88. The molecule has 94 valence electrons. The molecule has 0 fully saturated rings. The molecule has 0 aliphatic heterocycles. The largest absolute Gasteiger partial charge is 0.478 e. The van der Waals surface area contributed by atoms with Crippen molar-refractivity contribution in [2.24, 2.45) is 0 Å². The number of carboxylic acids is 1. The Morgan fingerprint density at radius 1 is 1.44 bits per heavy atom. The van der Waals surface area contributed by atoms with Gasteiger partial charge in [-0.3, -0.25) is 0 Å². The standard InChI is InChI=1S/C13H12ClNO3/c1-15(7-9-4-5-18-8-9)12-3-2-10(13(16)17)6-11(12)14/h2-6,8H,7H2,1H3,(H,16,17). The van der Waals surface area contributed by atoms with Gasteiger partial charge in [0, 0.05) is 19.2 Å². The van der Waals surface area contributed by atoms with Crippen molar-refractivity contribution < 1.29 is 14.3 Å². The summed E-state index contributed by atoms with van der Waals surface area (Å²) in [6.45, 7) is 0.642. The van der Waals surface area contributed by atoms with Crippen molar-refractivity contribution in [3.63, 3.8) is 0 Å². The SMILES string of the molecule is CN(Cc1ccoc1)c1ccc(C(=O)O)cc1Cl. The highest BCUT2D eigenvalue weighted by Crippen LogP contribution is 2.27. The summed E-state index contributed by atoms with van der Waals surface area (Å²) < 4.78 is 4.99. The van der Waals surface area contributed by atoms with Crippen LogP contribution in [0.1, 0.15) is 15.9 Å². The molecular formula is C13H12ClNO3. The maximum atomic E-state index is 10.8. The second-order valence-corrected chi connectivity index (χ2v) is 4.37. The van der Waals surface area contributed by atoms with Gasteiger partial charge in [0.15, 0.2) is 0 Å². The van der Waals surface area contributed by atoms with Crippen LogP contribution in [-0.2, 0) is 6.54 Å². The molecule has 0 saturated heterocycles. The van der Waals surface area contributed by atoms with E-state index in [4.69, 9.17) is 21.1 Å². The molecule has 1 N–H and O–H groups in total. The normalized spacial score (nSPS) is 10.3. The van der Waals surface area contributed by atoms with Crippen molar-refractivity contribution in [1.29, 1.82) is 0 Å². The van der Waals surface area contributed by atoms with Crippen molar-refractivity contribution in [3.8, 4) is 0 Å². The second kappa shape index (κ2) is 5.14. The fourth-order valence-corrected chi connectivity index (χ4v) is 2.02. The first-order valence-electron chi connectivity index (χ1n) is 5.33. The number of anilines is 1. The molecular weight excluding hydrogens is 254 g/mol. The number of carbonyl (C=O) groups is 1. The third-order valence-corrected chi connectivity index (χ3v) is 2.91. The Kier molecular flexibility index (Phi) is 3.58. The molecule has 1 heterocycles. The Bertz CT molecular complexity index is 551. The zero-order valence-electron chi connectivity index (χ0n) is 9.76. The van der Waals surface area contributed by atoms with Crippen LogP contribution in [0.4, 0.5) is 5.69 Å². The molecule has 0 aliphatic carbocycles. The topological polar surface area (TPSA) is 53.7 Å². The van der Waals surface area contributed by atoms with Gasteiger partial charge >= 0.3 is 5.97 Å². The van der Waals surface area contributed by atoms with Crippen molar-refractivity contribution in [3.05, 3.63) is 52.9 Å². The van der Waals surface area contributed by atoms with Crippen LogP contribution in [0.15, 0.2) is 41.2 Å². The predicted molar refractivity (Wildman–Crippen MR) is 69.2 cm³/mol. The monoisotopic (exact) mass is 265 g/mol. The van der Waals surface area contributed by atoms with Gasteiger partial charge in [-0.1, -0.05) is 11.6 Å². The molecule has 18 heavy (non-hydrogen) atoms. The van der Waals surface area contributed by atoms with E-state index in [1.54, 1.807) is 18.6 Å². The summed E-state index contributed by atoms with van der Waals surface area (Å²) in [5, 5.41) is 9.28. The van der Waals surface area contributed by atoms with Gasteiger partial charge in [0.2, 0.25) is 0 Å². The molecule has 1 aromatic carbocycles. The van der Waals surface area contributed by atoms with Crippen LogP contribution in [0.2, 0.25) is 5.02 Å². The molecule has 5 heteroatoms. The van der Waals surface area contributed by atoms with Gasteiger partial charge in [-0.2, -0.15) is 0 Å². The summed E-state index contributed by atoms with van der Waals surface area (Å²) in [5.41, 5.74) is 1.99. The van der Waals surface area contributed by atoms with Crippen molar-refractivity contribution in [2.45, 2.75) is 6.54 Å². The average Bonchev–Trinajstić information content (AvgIpc) is 2.81. The molecule has 2 rings (SSSR count). The predicted octanol–water partition coefficient (Wildman–Crippen LogP) is 3.27. The van der Waals surface area contributed by atoms with E-state index in [0.29, 0.717) is 11.6 Å². The number of benzene rings is 1. The highest BCUT2D eigenvalue weighted by molar-refractivity contribution is 6.33. The third kappa shape index (κ3) is 2.65. The fraction of sp³-hybridized carbons (Fsp3) is 0.154. The smallest absolute Gasteiger partial charge is 0.335 e. The Hall–Kier alpha value is -1.94. The highest BCUT2D eigenvalue weighted by atomic mass is 35.5. The van der Waals surface area contributed by atoms with E-state index in [0.717, 1.165) is 11.3 Å². The Balaban J connectivity index is 2.20. The number of furan rings is 1. The number of halogens is 1. The molecule has 0 radical (unpaired) electrons. The minimum absolute atomic E-state index is 0.181. The van der Waals surface area contributed by atoms with Crippen LogP contribution >= 0.6 is 11.6 Å². The average molecular weight is 266 g/mol. The molecule has 0 atom stereocenters. The van der Waals surface area contributed by atoms with Gasteiger partial charge in [-0.05, 0) is 24.3 Å². The number of rotatable bonds is 4. The minimum Gasteiger partial charge on any atom is -0.478 e. The first kappa shape index (κ1) is 12.5. The van der Waals surface area contributed by atoms with E-state index < -0.39 is 5.97 Å². The molecule has 0 spiro atoms. The number of aromatic carboxylic acids is 1. The molecule has 1 aromatic heterocycles.